The molecule has 35 heavy (non-hydrogen) atoms. The summed E-state index contributed by atoms with van der Waals surface area (Å²) in [4.78, 5) is 29.1. The molecule has 1 atom stereocenters. The van der Waals surface area contributed by atoms with Crippen molar-refractivity contribution in [3.8, 4) is 5.75 Å². The lowest BCUT2D eigenvalue weighted by Crippen LogP contribution is -2.30. The number of nitrogens with one attached hydrogen (secondary N) is 1. The molecule has 1 amide bonds. The Bertz CT molecular complexity index is 1170. The van der Waals surface area contributed by atoms with Gasteiger partial charge in [-0.25, -0.2) is 4.98 Å². The second-order valence-electron chi connectivity index (χ2n) is 7.28. The van der Waals surface area contributed by atoms with Crippen LogP contribution >= 0.6 is 11.8 Å². The van der Waals surface area contributed by atoms with Gasteiger partial charge in [0.15, 0.2) is 0 Å². The summed E-state index contributed by atoms with van der Waals surface area (Å²) in [5.74, 6) is -0.283. The summed E-state index contributed by atoms with van der Waals surface area (Å²) in [6.07, 6.45) is 2.27. The van der Waals surface area contributed by atoms with Crippen LogP contribution in [0.3, 0.4) is 0 Å². The first-order valence-electron chi connectivity index (χ1n) is 10.1. The number of nitrogens with zero attached hydrogens (tertiary/aromatic N) is 2. The zero-order valence-electron chi connectivity index (χ0n) is 18.6. The molecule has 3 N–H and O–H groups in total. The summed E-state index contributed by atoms with van der Waals surface area (Å²) in [5, 5.41) is 2.27. The first-order chi connectivity index (χ1) is 16.3. The van der Waals surface area contributed by atoms with E-state index < -0.39 is 37.8 Å². The number of thioether (sulfide) groups is 1. The lowest BCUT2D eigenvalue weighted by molar-refractivity contribution is -0.112. The third-order valence-electron chi connectivity index (χ3n) is 4.47. The highest BCUT2D eigenvalue weighted by Gasteiger charge is 2.31. The zero-order valence-corrected chi connectivity index (χ0v) is 21.1. The summed E-state index contributed by atoms with van der Waals surface area (Å²) in [6.45, 7) is 1.26. The Labute approximate surface area is 207 Å². The van der Waals surface area contributed by atoms with Crippen molar-refractivity contribution in [3.63, 3.8) is 0 Å². The SMILES string of the molecule is CN(CCOc1ccc(CC2NC(=O)SC2=O)cc1)c1ccccn1.O=S(=O)(O)CCS(=O)(=O)O. The topological polar surface area (TPSA) is 180 Å². The number of rotatable bonds is 10. The van der Waals surface area contributed by atoms with Crippen molar-refractivity contribution in [1.29, 1.82) is 0 Å². The van der Waals surface area contributed by atoms with Gasteiger partial charge >= 0.3 is 0 Å². The van der Waals surface area contributed by atoms with Crippen LogP contribution in [0.1, 0.15) is 5.56 Å². The first-order valence-corrected chi connectivity index (χ1v) is 14.1. The molecule has 0 spiro atoms. The van der Waals surface area contributed by atoms with Crippen LogP contribution in [0.25, 0.3) is 0 Å². The molecule has 1 aliphatic rings. The highest BCUT2D eigenvalue weighted by molar-refractivity contribution is 8.26. The number of aromatic nitrogens is 1. The van der Waals surface area contributed by atoms with Gasteiger partial charge in [0.2, 0.25) is 5.12 Å². The van der Waals surface area contributed by atoms with Gasteiger partial charge in [0, 0.05) is 31.4 Å². The van der Waals surface area contributed by atoms with Crippen LogP contribution in [0.15, 0.2) is 48.7 Å². The van der Waals surface area contributed by atoms with Gasteiger partial charge in [-0.15, -0.1) is 0 Å². The molecule has 0 bridgehead atoms. The predicted molar refractivity (Wildman–Crippen MR) is 131 cm³/mol. The molecule has 1 saturated heterocycles. The van der Waals surface area contributed by atoms with Crippen LogP contribution in [0, 0.1) is 0 Å². The number of anilines is 1. The molecule has 1 aliphatic heterocycles. The van der Waals surface area contributed by atoms with Crippen molar-refractivity contribution in [2.24, 2.45) is 0 Å². The van der Waals surface area contributed by atoms with Crippen molar-refractivity contribution >= 4 is 48.2 Å². The Morgan fingerprint density at radius 3 is 2.14 bits per heavy atom. The summed E-state index contributed by atoms with van der Waals surface area (Å²) < 4.78 is 61.1. The highest BCUT2D eigenvalue weighted by Crippen LogP contribution is 2.20. The van der Waals surface area contributed by atoms with E-state index >= 15 is 0 Å². The number of ether oxygens (including phenoxy) is 1. The van der Waals surface area contributed by atoms with E-state index in [-0.39, 0.29) is 10.4 Å². The fraction of sp³-hybridized carbons (Fsp3) is 0.350. The number of hydrogen-bond acceptors (Lipinski definition) is 10. The Morgan fingerprint density at radius 2 is 1.66 bits per heavy atom. The molecule has 12 nitrogen and oxygen atoms in total. The molecule has 0 aliphatic carbocycles. The minimum absolute atomic E-state index is 0.122. The molecule has 15 heteroatoms. The minimum Gasteiger partial charge on any atom is -0.492 e. The molecule has 3 rings (SSSR count). The van der Waals surface area contributed by atoms with Crippen molar-refractivity contribution in [1.82, 2.24) is 10.3 Å². The summed E-state index contributed by atoms with van der Waals surface area (Å²) >= 11 is 0.739. The number of carbonyl (C=O) groups is 2. The molecule has 1 fully saturated rings. The number of carbonyl (C=O) groups excluding carboxylic acids is 2. The quantitative estimate of drug-likeness (QED) is 0.363. The molecular weight excluding hydrogens is 522 g/mol. The molecule has 192 valence electrons. The maximum atomic E-state index is 11.6. The standard InChI is InChI=1S/C18H19N3O3S.C2H6O6S2/c1-21(16-4-2-3-9-19-16)10-11-24-14-7-5-13(6-8-14)12-15-17(22)25-18(23)20-15;3-9(4,5)1-2-10(6,7)8/h2-9,15H,10-12H2,1H3,(H,20,23);1-2H2,(H,3,4,5)(H,6,7,8). The second-order valence-corrected chi connectivity index (χ2v) is 11.4. The van der Waals surface area contributed by atoms with Gasteiger partial charge in [0.05, 0.1) is 18.1 Å². The monoisotopic (exact) mass is 547 g/mol. The van der Waals surface area contributed by atoms with Gasteiger partial charge in [-0.1, -0.05) is 18.2 Å². The first kappa shape index (κ1) is 28.5. The molecule has 1 aromatic carbocycles. The Morgan fingerprint density at radius 1 is 1.03 bits per heavy atom. The summed E-state index contributed by atoms with van der Waals surface area (Å²) in [7, 11) is -6.62. The van der Waals surface area contributed by atoms with Gasteiger partial charge in [-0.2, -0.15) is 16.8 Å². The van der Waals surface area contributed by atoms with E-state index in [4.69, 9.17) is 13.8 Å². The van der Waals surface area contributed by atoms with E-state index in [0.717, 1.165) is 35.4 Å². The molecule has 2 aromatic rings. The van der Waals surface area contributed by atoms with Crippen LogP contribution in [0.2, 0.25) is 0 Å². The largest absolute Gasteiger partial charge is 0.492 e. The lowest BCUT2D eigenvalue weighted by atomic mass is 10.1. The fourth-order valence-electron chi connectivity index (χ4n) is 2.69. The Balaban J connectivity index is 0.000000367. The average Bonchev–Trinajstić information content (AvgIpc) is 3.10. The van der Waals surface area contributed by atoms with E-state index in [9.17, 15) is 26.4 Å². The van der Waals surface area contributed by atoms with Crippen LogP contribution in [-0.2, 0) is 31.5 Å². The normalized spacial score (nSPS) is 15.7. The molecule has 1 unspecified atom stereocenters. The predicted octanol–water partition coefficient (Wildman–Crippen LogP) is 1.25. The van der Waals surface area contributed by atoms with E-state index in [0.29, 0.717) is 13.0 Å². The van der Waals surface area contributed by atoms with Crippen molar-refractivity contribution in [3.05, 3.63) is 54.2 Å². The van der Waals surface area contributed by atoms with Gasteiger partial charge in [-0.05, 0) is 29.8 Å². The van der Waals surface area contributed by atoms with Crippen molar-refractivity contribution < 1.29 is 40.3 Å². The number of amides is 1. The van der Waals surface area contributed by atoms with Gasteiger partial charge in [0.1, 0.15) is 24.2 Å². The molecular formula is C20H25N3O9S3. The molecule has 0 radical (unpaired) electrons. The number of likely N-dealkylation sites (N-methyl/N-ethyl adjacent to an activating group) is 1. The van der Waals surface area contributed by atoms with Gasteiger partial charge in [-0.3, -0.25) is 18.7 Å². The molecule has 0 saturated carbocycles. The number of hydrogen-bond donors (Lipinski definition) is 3. The van der Waals surface area contributed by atoms with Crippen LogP contribution < -0.4 is 15.0 Å². The summed E-state index contributed by atoms with van der Waals surface area (Å²) in [6, 6.07) is 13.0. The highest BCUT2D eigenvalue weighted by atomic mass is 32.2. The van der Waals surface area contributed by atoms with E-state index in [1.807, 2.05) is 54.4 Å². The smallest absolute Gasteiger partial charge is 0.287 e. The van der Waals surface area contributed by atoms with Crippen LogP contribution in [-0.4, -0.2) is 79.0 Å². The third kappa shape index (κ3) is 11.5. The number of benzene rings is 1. The van der Waals surface area contributed by atoms with E-state index in [1.54, 1.807) is 6.20 Å². The maximum absolute atomic E-state index is 11.6. The minimum atomic E-state index is -4.30. The maximum Gasteiger partial charge on any atom is 0.287 e. The van der Waals surface area contributed by atoms with Crippen LogP contribution in [0.5, 0.6) is 5.75 Å². The van der Waals surface area contributed by atoms with Crippen molar-refractivity contribution in [2.45, 2.75) is 12.5 Å². The third-order valence-corrected chi connectivity index (χ3v) is 6.96. The van der Waals surface area contributed by atoms with Crippen LogP contribution in [0.4, 0.5) is 10.6 Å². The van der Waals surface area contributed by atoms with Crippen molar-refractivity contribution in [2.75, 3.05) is 36.6 Å². The second kappa shape index (κ2) is 12.8. The Hall–Kier alpha value is -2.72. The van der Waals surface area contributed by atoms with Gasteiger partial charge < -0.3 is 15.0 Å². The fourth-order valence-corrected chi connectivity index (χ4v) is 5.04. The lowest BCUT2D eigenvalue weighted by Gasteiger charge is -2.18. The molecule has 2 heterocycles. The Kier molecular flexibility index (Phi) is 10.5. The number of pyridine rings is 1. The average molecular weight is 548 g/mol. The zero-order chi connectivity index (χ0) is 26.1. The van der Waals surface area contributed by atoms with E-state index in [1.165, 1.54) is 0 Å². The summed E-state index contributed by atoms with van der Waals surface area (Å²) in [5.41, 5.74) is 0.985. The van der Waals surface area contributed by atoms with Gasteiger partial charge in [0.25, 0.3) is 25.5 Å². The van der Waals surface area contributed by atoms with E-state index in [2.05, 4.69) is 10.3 Å². The molecule has 1 aromatic heterocycles.